The third-order valence-electron chi connectivity index (χ3n) is 1.55. The summed E-state index contributed by atoms with van der Waals surface area (Å²) in [5.41, 5.74) is 6.29. The van der Waals surface area contributed by atoms with E-state index in [0.29, 0.717) is 16.1 Å². The zero-order chi connectivity index (χ0) is 10.0. The van der Waals surface area contributed by atoms with Gasteiger partial charge in [-0.15, -0.1) is 11.3 Å². The molecule has 5 heteroatoms. The highest BCUT2D eigenvalue weighted by Gasteiger charge is 2.16. The van der Waals surface area contributed by atoms with Gasteiger partial charge in [-0.3, -0.25) is 0 Å². The number of anilines is 2. The number of rotatable bonds is 1. The summed E-state index contributed by atoms with van der Waals surface area (Å²) in [7, 11) is 3.63. The van der Waals surface area contributed by atoms with Crippen molar-refractivity contribution in [2.75, 3.05) is 24.7 Å². The molecule has 1 rings (SSSR count). The van der Waals surface area contributed by atoms with E-state index in [2.05, 4.69) is 0 Å². The molecule has 0 aliphatic heterocycles. The molecule has 1 aromatic rings. The molecule has 0 aliphatic rings. The summed E-state index contributed by atoms with van der Waals surface area (Å²) < 4.78 is 0. The Balaban J connectivity index is 3.41. The summed E-state index contributed by atoms with van der Waals surface area (Å²) in [6.45, 7) is 0. The Kier molecular flexibility index (Phi) is 2.41. The number of hydrogen-bond donors (Lipinski definition) is 1. The molecule has 0 saturated heterocycles. The smallest absolute Gasteiger partial charge is 0.131 e. The van der Waals surface area contributed by atoms with Crippen molar-refractivity contribution in [3.05, 3.63) is 10.4 Å². The van der Waals surface area contributed by atoms with Gasteiger partial charge in [0.1, 0.15) is 27.6 Å². The molecule has 0 saturated carbocycles. The highest BCUT2D eigenvalue weighted by Crippen LogP contribution is 2.35. The minimum absolute atomic E-state index is 0.290. The Morgan fingerprint density at radius 3 is 2.23 bits per heavy atom. The van der Waals surface area contributed by atoms with Gasteiger partial charge in [0.15, 0.2) is 0 Å². The van der Waals surface area contributed by atoms with Gasteiger partial charge < -0.3 is 10.6 Å². The van der Waals surface area contributed by atoms with Crippen LogP contribution in [-0.4, -0.2) is 14.1 Å². The van der Waals surface area contributed by atoms with Crippen LogP contribution >= 0.6 is 11.3 Å². The van der Waals surface area contributed by atoms with Crippen LogP contribution in [0.3, 0.4) is 0 Å². The van der Waals surface area contributed by atoms with Crippen molar-refractivity contribution >= 4 is 22.0 Å². The highest BCUT2D eigenvalue weighted by atomic mass is 32.1. The Labute approximate surface area is 80.4 Å². The molecule has 13 heavy (non-hydrogen) atoms. The second kappa shape index (κ2) is 3.34. The molecular weight excluding hydrogens is 184 g/mol. The molecule has 2 N–H and O–H groups in total. The van der Waals surface area contributed by atoms with Crippen LogP contribution in [0.15, 0.2) is 0 Å². The predicted octanol–water partition coefficient (Wildman–Crippen LogP) is 1.14. The number of nitrogens with two attached hydrogens (primary N) is 1. The first-order valence-corrected chi connectivity index (χ1v) is 4.33. The van der Waals surface area contributed by atoms with Crippen molar-refractivity contribution in [3.63, 3.8) is 0 Å². The number of nitrogen functional groups attached to an aromatic ring is 1. The predicted molar refractivity (Wildman–Crippen MR) is 52.5 cm³/mol. The van der Waals surface area contributed by atoms with E-state index < -0.39 is 0 Å². The molecule has 1 heterocycles. The van der Waals surface area contributed by atoms with Crippen molar-refractivity contribution in [2.24, 2.45) is 0 Å². The average molecular weight is 192 g/mol. The maximum Gasteiger partial charge on any atom is 0.131 e. The van der Waals surface area contributed by atoms with Gasteiger partial charge in [-0.05, 0) is 0 Å². The number of thiophene rings is 1. The SMILES string of the molecule is CN(C)c1sc(C#N)c(N)c1C#N. The van der Waals surface area contributed by atoms with E-state index in [4.69, 9.17) is 16.3 Å². The van der Waals surface area contributed by atoms with Crippen molar-refractivity contribution < 1.29 is 0 Å². The van der Waals surface area contributed by atoms with Crippen LogP contribution in [0.25, 0.3) is 0 Å². The van der Waals surface area contributed by atoms with Crippen LogP contribution < -0.4 is 10.6 Å². The van der Waals surface area contributed by atoms with Gasteiger partial charge in [0.05, 0.1) is 5.69 Å². The van der Waals surface area contributed by atoms with Crippen molar-refractivity contribution in [3.8, 4) is 12.1 Å². The summed E-state index contributed by atoms with van der Waals surface area (Å²) in [6.07, 6.45) is 0. The number of hydrogen-bond acceptors (Lipinski definition) is 5. The molecule has 66 valence electrons. The third kappa shape index (κ3) is 1.42. The molecule has 0 aliphatic carbocycles. The molecule has 0 aromatic carbocycles. The monoisotopic (exact) mass is 192 g/mol. The summed E-state index contributed by atoms with van der Waals surface area (Å²) >= 11 is 1.24. The quantitative estimate of drug-likeness (QED) is 0.723. The normalized spacial score (nSPS) is 8.92. The van der Waals surface area contributed by atoms with Crippen LogP contribution in [0.4, 0.5) is 10.7 Å². The zero-order valence-electron chi connectivity index (χ0n) is 7.33. The molecule has 0 radical (unpaired) electrons. The van der Waals surface area contributed by atoms with E-state index in [1.807, 2.05) is 26.2 Å². The van der Waals surface area contributed by atoms with E-state index in [-0.39, 0.29) is 0 Å². The molecule has 0 fully saturated rings. The van der Waals surface area contributed by atoms with E-state index in [1.54, 1.807) is 4.90 Å². The molecular formula is C8H8N4S. The zero-order valence-corrected chi connectivity index (χ0v) is 8.14. The van der Waals surface area contributed by atoms with Gasteiger partial charge in [0.2, 0.25) is 0 Å². The van der Waals surface area contributed by atoms with Crippen LogP contribution in [0, 0.1) is 22.7 Å². The molecule has 0 unspecified atom stereocenters. The molecule has 0 amide bonds. The summed E-state index contributed by atoms with van der Waals surface area (Å²) in [6, 6.07) is 3.95. The van der Waals surface area contributed by atoms with Crippen LogP contribution in [-0.2, 0) is 0 Å². The second-order valence-corrected chi connectivity index (χ2v) is 3.64. The van der Waals surface area contributed by atoms with Crippen LogP contribution in [0.2, 0.25) is 0 Å². The Morgan fingerprint density at radius 2 is 1.92 bits per heavy atom. The standard InChI is InChI=1S/C8H8N4S/c1-12(2)8-5(3-9)7(11)6(4-10)13-8/h11H2,1-2H3. The van der Waals surface area contributed by atoms with E-state index in [0.717, 1.165) is 5.00 Å². The Hall–Kier alpha value is -1.72. The van der Waals surface area contributed by atoms with Crippen molar-refractivity contribution in [1.82, 2.24) is 0 Å². The van der Waals surface area contributed by atoms with Crippen LogP contribution in [0.1, 0.15) is 10.4 Å². The van der Waals surface area contributed by atoms with Gasteiger partial charge in [-0.1, -0.05) is 0 Å². The van der Waals surface area contributed by atoms with Gasteiger partial charge in [0.25, 0.3) is 0 Å². The van der Waals surface area contributed by atoms with Gasteiger partial charge in [0, 0.05) is 14.1 Å². The average Bonchev–Trinajstić information content (AvgIpc) is 2.42. The van der Waals surface area contributed by atoms with Gasteiger partial charge in [-0.25, -0.2) is 0 Å². The molecule has 1 aromatic heterocycles. The summed E-state index contributed by atoms with van der Waals surface area (Å²) in [5, 5.41) is 18.2. The minimum atomic E-state index is 0.290. The maximum atomic E-state index is 8.80. The van der Waals surface area contributed by atoms with E-state index in [9.17, 15) is 0 Å². The molecule has 0 bridgehead atoms. The first-order valence-electron chi connectivity index (χ1n) is 3.51. The van der Waals surface area contributed by atoms with Gasteiger partial charge in [-0.2, -0.15) is 10.5 Å². The largest absolute Gasteiger partial charge is 0.396 e. The fraction of sp³-hybridized carbons (Fsp3) is 0.250. The van der Waals surface area contributed by atoms with Crippen LogP contribution in [0.5, 0.6) is 0 Å². The van der Waals surface area contributed by atoms with E-state index >= 15 is 0 Å². The Morgan fingerprint density at radius 1 is 1.31 bits per heavy atom. The highest BCUT2D eigenvalue weighted by molar-refractivity contribution is 7.17. The molecule has 0 atom stereocenters. The lowest BCUT2D eigenvalue weighted by molar-refractivity contribution is 1.15. The first-order chi connectivity index (χ1) is 6.11. The molecule has 4 nitrogen and oxygen atoms in total. The lowest BCUT2D eigenvalue weighted by atomic mass is 10.2. The Bertz CT molecular complexity index is 405. The lowest BCUT2D eigenvalue weighted by Crippen LogP contribution is -2.08. The minimum Gasteiger partial charge on any atom is -0.396 e. The second-order valence-electron chi connectivity index (χ2n) is 2.64. The summed E-state index contributed by atoms with van der Waals surface area (Å²) in [4.78, 5) is 2.18. The third-order valence-corrected chi connectivity index (χ3v) is 2.82. The van der Waals surface area contributed by atoms with Gasteiger partial charge >= 0.3 is 0 Å². The first kappa shape index (κ1) is 9.37. The lowest BCUT2D eigenvalue weighted by Gasteiger charge is -2.08. The summed E-state index contributed by atoms with van der Waals surface area (Å²) in [5.74, 6) is 0. The van der Waals surface area contributed by atoms with E-state index in [1.165, 1.54) is 11.3 Å². The van der Waals surface area contributed by atoms with Crippen molar-refractivity contribution in [1.29, 1.82) is 10.5 Å². The fourth-order valence-corrected chi connectivity index (χ4v) is 1.83. The van der Waals surface area contributed by atoms with Crippen molar-refractivity contribution in [2.45, 2.75) is 0 Å². The maximum absolute atomic E-state index is 8.80. The number of nitriles is 2. The molecule has 0 spiro atoms. The fourth-order valence-electron chi connectivity index (χ4n) is 0.937. The topological polar surface area (TPSA) is 76.8 Å². The number of nitrogens with zero attached hydrogens (tertiary/aromatic N) is 3.